The number of amides is 1. The number of aryl methyl sites for hydroxylation is 1. The third kappa shape index (κ3) is 5.13. The Morgan fingerprint density at radius 3 is 2.41 bits per heavy atom. The molecule has 172 valence electrons. The van der Waals surface area contributed by atoms with Crippen LogP contribution in [0.5, 0.6) is 0 Å². The first-order chi connectivity index (χ1) is 15.4. The third-order valence-electron chi connectivity index (χ3n) is 6.44. The van der Waals surface area contributed by atoms with Crippen LogP contribution < -0.4 is 10.2 Å². The van der Waals surface area contributed by atoms with Gasteiger partial charge in [0.1, 0.15) is 10.7 Å². The van der Waals surface area contributed by atoms with Crippen LogP contribution >= 0.6 is 0 Å². The minimum atomic E-state index is -3.56. The molecule has 2 aliphatic heterocycles. The van der Waals surface area contributed by atoms with Crippen molar-refractivity contribution in [2.24, 2.45) is 5.92 Å². The molecule has 2 aromatic rings. The Hall–Kier alpha value is -2.45. The van der Waals surface area contributed by atoms with Crippen LogP contribution in [0.1, 0.15) is 43.2 Å². The van der Waals surface area contributed by atoms with Crippen molar-refractivity contribution in [1.82, 2.24) is 14.6 Å². The summed E-state index contributed by atoms with van der Waals surface area (Å²) < 4.78 is 28.1. The number of nitrogens with zero attached hydrogens (tertiary/aromatic N) is 3. The molecule has 8 heteroatoms. The predicted molar refractivity (Wildman–Crippen MR) is 125 cm³/mol. The number of hydrogen-bond acceptors (Lipinski definition) is 5. The Morgan fingerprint density at radius 1 is 1.03 bits per heavy atom. The average Bonchev–Trinajstić information content (AvgIpc) is 2.84. The molecule has 0 unspecified atom stereocenters. The van der Waals surface area contributed by atoms with Gasteiger partial charge in [-0.2, -0.15) is 4.31 Å². The van der Waals surface area contributed by atoms with Crippen molar-refractivity contribution in [2.75, 3.05) is 31.1 Å². The lowest BCUT2D eigenvalue weighted by molar-refractivity contribution is -0.125. The molecular weight excluding hydrogens is 424 g/mol. The molecule has 1 aromatic carbocycles. The second-order valence-corrected chi connectivity index (χ2v) is 10.7. The van der Waals surface area contributed by atoms with Gasteiger partial charge in [0.25, 0.3) is 0 Å². The van der Waals surface area contributed by atoms with Crippen LogP contribution in [0.25, 0.3) is 0 Å². The molecule has 0 saturated carbocycles. The number of rotatable bonds is 6. The molecule has 3 heterocycles. The molecule has 1 aromatic heterocycles. The Morgan fingerprint density at radius 2 is 1.72 bits per heavy atom. The number of sulfonamides is 1. The van der Waals surface area contributed by atoms with Gasteiger partial charge in [0, 0.05) is 44.8 Å². The minimum absolute atomic E-state index is 0.0624. The number of pyridine rings is 1. The van der Waals surface area contributed by atoms with Gasteiger partial charge in [0.2, 0.25) is 15.9 Å². The lowest BCUT2D eigenvalue weighted by atomic mass is 9.95. The van der Waals surface area contributed by atoms with E-state index in [0.29, 0.717) is 51.4 Å². The lowest BCUT2D eigenvalue weighted by Gasteiger charge is -2.34. The topological polar surface area (TPSA) is 82.6 Å². The molecule has 0 spiro atoms. The van der Waals surface area contributed by atoms with Gasteiger partial charge >= 0.3 is 0 Å². The van der Waals surface area contributed by atoms with Gasteiger partial charge < -0.3 is 10.2 Å². The largest absolute Gasteiger partial charge is 0.355 e. The minimum Gasteiger partial charge on any atom is -0.355 e. The van der Waals surface area contributed by atoms with Crippen molar-refractivity contribution in [3.8, 4) is 0 Å². The molecule has 0 aliphatic carbocycles. The van der Waals surface area contributed by atoms with Crippen molar-refractivity contribution in [3.05, 3.63) is 53.7 Å². The molecule has 4 rings (SSSR count). The molecule has 1 N–H and O–H groups in total. The van der Waals surface area contributed by atoms with E-state index in [0.717, 1.165) is 24.8 Å². The fraction of sp³-hybridized carbons (Fsp3) is 0.500. The summed E-state index contributed by atoms with van der Waals surface area (Å²) in [4.78, 5) is 19.4. The number of hydrogen-bond donors (Lipinski definition) is 1. The zero-order valence-electron chi connectivity index (χ0n) is 18.7. The Labute approximate surface area is 190 Å². The normalized spacial score (nSPS) is 18.5. The van der Waals surface area contributed by atoms with Crippen LogP contribution in [0, 0.1) is 12.8 Å². The van der Waals surface area contributed by atoms with E-state index < -0.39 is 10.0 Å². The van der Waals surface area contributed by atoms with Crippen molar-refractivity contribution >= 4 is 21.7 Å². The van der Waals surface area contributed by atoms with E-state index in [-0.39, 0.29) is 16.7 Å². The van der Waals surface area contributed by atoms with Crippen LogP contribution in [0.15, 0.2) is 47.5 Å². The molecule has 1 amide bonds. The number of carbonyl (C=O) groups excluding carboxylic acids is 1. The summed E-state index contributed by atoms with van der Waals surface area (Å²) in [6.07, 6.45) is 5.88. The number of carbonyl (C=O) groups is 1. The number of nitrogens with one attached hydrogen (secondary N) is 1. The maximum absolute atomic E-state index is 13.3. The van der Waals surface area contributed by atoms with Gasteiger partial charge in [-0.1, -0.05) is 36.2 Å². The Balaban J connectivity index is 1.38. The molecule has 0 bridgehead atoms. The van der Waals surface area contributed by atoms with Crippen LogP contribution in [-0.4, -0.2) is 49.8 Å². The monoisotopic (exact) mass is 456 g/mol. The standard InChI is InChI=1S/C24H32N4O3S/c1-19-7-9-20(10-8-19)18-26-24(29)21-11-16-27(17-12-21)23-22(6-5-13-25-23)32(30,31)28-14-3-2-4-15-28/h5-10,13,21H,2-4,11-12,14-18H2,1H3,(H,26,29). The van der Waals surface area contributed by atoms with Crippen LogP contribution in [-0.2, 0) is 21.4 Å². The summed E-state index contributed by atoms with van der Waals surface area (Å²) >= 11 is 0. The van der Waals surface area contributed by atoms with E-state index in [4.69, 9.17) is 0 Å². The Bertz CT molecular complexity index is 1030. The summed E-state index contributed by atoms with van der Waals surface area (Å²) in [5, 5.41) is 3.05. The fourth-order valence-corrected chi connectivity index (χ4v) is 6.14. The van der Waals surface area contributed by atoms with E-state index in [9.17, 15) is 13.2 Å². The van der Waals surface area contributed by atoms with E-state index in [1.165, 1.54) is 5.56 Å². The summed E-state index contributed by atoms with van der Waals surface area (Å²) in [6, 6.07) is 11.5. The van der Waals surface area contributed by atoms with Gasteiger partial charge in [-0.15, -0.1) is 0 Å². The first-order valence-electron chi connectivity index (χ1n) is 11.5. The first kappa shape index (κ1) is 22.7. The smallest absolute Gasteiger partial charge is 0.246 e. The van der Waals surface area contributed by atoms with Crippen molar-refractivity contribution in [3.63, 3.8) is 0 Å². The van der Waals surface area contributed by atoms with Gasteiger partial charge in [-0.25, -0.2) is 13.4 Å². The Kier molecular flexibility index (Phi) is 7.10. The highest BCUT2D eigenvalue weighted by Gasteiger charge is 2.32. The fourth-order valence-electron chi connectivity index (χ4n) is 4.46. The van der Waals surface area contributed by atoms with Gasteiger partial charge in [0.05, 0.1) is 0 Å². The molecule has 2 saturated heterocycles. The third-order valence-corrected chi connectivity index (χ3v) is 8.36. The second kappa shape index (κ2) is 10.0. The number of benzene rings is 1. The number of anilines is 1. The summed E-state index contributed by atoms with van der Waals surface area (Å²) in [6.45, 7) is 4.93. The zero-order chi connectivity index (χ0) is 22.6. The predicted octanol–water partition coefficient (Wildman–Crippen LogP) is 3.10. The SMILES string of the molecule is Cc1ccc(CNC(=O)C2CCN(c3ncccc3S(=O)(=O)N3CCCCC3)CC2)cc1. The highest BCUT2D eigenvalue weighted by molar-refractivity contribution is 7.89. The first-order valence-corrected chi connectivity index (χ1v) is 12.9. The quantitative estimate of drug-likeness (QED) is 0.722. The van der Waals surface area contributed by atoms with E-state index >= 15 is 0 Å². The lowest BCUT2D eigenvalue weighted by Crippen LogP contribution is -2.42. The van der Waals surface area contributed by atoms with Crippen LogP contribution in [0.2, 0.25) is 0 Å². The van der Waals surface area contributed by atoms with Gasteiger partial charge in [-0.05, 0) is 50.3 Å². The zero-order valence-corrected chi connectivity index (χ0v) is 19.5. The highest BCUT2D eigenvalue weighted by Crippen LogP contribution is 2.30. The molecule has 7 nitrogen and oxygen atoms in total. The maximum atomic E-state index is 13.3. The summed E-state index contributed by atoms with van der Waals surface area (Å²) in [5.74, 6) is 0.506. The molecule has 2 fully saturated rings. The van der Waals surface area contributed by atoms with E-state index in [1.807, 2.05) is 36.1 Å². The van der Waals surface area contributed by atoms with Crippen molar-refractivity contribution in [1.29, 1.82) is 0 Å². The van der Waals surface area contributed by atoms with Crippen LogP contribution in [0.3, 0.4) is 0 Å². The summed E-state index contributed by atoms with van der Waals surface area (Å²) in [7, 11) is -3.56. The van der Waals surface area contributed by atoms with Gasteiger partial charge in [-0.3, -0.25) is 4.79 Å². The van der Waals surface area contributed by atoms with Crippen molar-refractivity contribution < 1.29 is 13.2 Å². The number of piperidine rings is 2. The highest BCUT2D eigenvalue weighted by atomic mass is 32.2. The molecule has 0 atom stereocenters. The van der Waals surface area contributed by atoms with E-state index in [2.05, 4.69) is 10.3 Å². The van der Waals surface area contributed by atoms with Crippen LogP contribution in [0.4, 0.5) is 5.82 Å². The van der Waals surface area contributed by atoms with E-state index in [1.54, 1.807) is 22.6 Å². The summed E-state index contributed by atoms with van der Waals surface area (Å²) in [5.41, 5.74) is 2.28. The average molecular weight is 457 g/mol. The van der Waals surface area contributed by atoms with Crippen molar-refractivity contribution in [2.45, 2.75) is 50.5 Å². The molecule has 0 radical (unpaired) electrons. The number of aromatic nitrogens is 1. The molecular formula is C24H32N4O3S. The molecule has 32 heavy (non-hydrogen) atoms. The second-order valence-electron chi connectivity index (χ2n) is 8.75. The maximum Gasteiger partial charge on any atom is 0.246 e. The molecule has 2 aliphatic rings. The van der Waals surface area contributed by atoms with Gasteiger partial charge in [0.15, 0.2) is 0 Å².